The van der Waals surface area contributed by atoms with Crippen LogP contribution in [0.1, 0.15) is 17.2 Å². The van der Waals surface area contributed by atoms with Crippen molar-refractivity contribution in [3.8, 4) is 0 Å². The standard InChI is InChI=1S/C16H14N2O5/c19-10-14(12-6-2-1-3-7-12)17-16(20)23-11-13-8-4-5-9-15(13)18(21)22/h1-10,14H,11H2,(H,17,20). The number of carbonyl (C=O) groups is 2. The second kappa shape index (κ2) is 7.69. The molecule has 2 aromatic rings. The molecule has 1 atom stereocenters. The highest BCUT2D eigenvalue weighted by molar-refractivity contribution is 5.74. The van der Waals surface area contributed by atoms with Gasteiger partial charge in [-0.05, 0) is 11.6 Å². The van der Waals surface area contributed by atoms with Crippen molar-refractivity contribution in [3.05, 3.63) is 75.8 Å². The Balaban J connectivity index is 1.98. The maximum atomic E-state index is 11.8. The molecule has 0 aliphatic carbocycles. The molecule has 0 heterocycles. The number of aldehydes is 1. The zero-order valence-electron chi connectivity index (χ0n) is 12.0. The normalized spacial score (nSPS) is 11.3. The van der Waals surface area contributed by atoms with Crippen LogP contribution in [0.25, 0.3) is 0 Å². The first-order valence-electron chi connectivity index (χ1n) is 6.77. The lowest BCUT2D eigenvalue weighted by atomic mass is 10.1. The molecule has 1 unspecified atom stereocenters. The van der Waals surface area contributed by atoms with Crippen molar-refractivity contribution in [2.24, 2.45) is 0 Å². The van der Waals surface area contributed by atoms with Gasteiger partial charge in [0.25, 0.3) is 5.69 Å². The monoisotopic (exact) mass is 314 g/mol. The number of nitro benzene ring substituents is 1. The number of para-hydroxylation sites is 1. The minimum atomic E-state index is -0.838. The second-order valence-electron chi connectivity index (χ2n) is 4.63. The Morgan fingerprint density at radius 3 is 2.48 bits per heavy atom. The number of nitrogens with zero attached hydrogens (tertiary/aromatic N) is 1. The van der Waals surface area contributed by atoms with Crippen LogP contribution in [0.5, 0.6) is 0 Å². The van der Waals surface area contributed by atoms with E-state index in [0.717, 1.165) is 0 Å². The van der Waals surface area contributed by atoms with Crippen molar-refractivity contribution in [2.45, 2.75) is 12.6 Å². The first kappa shape index (κ1) is 16.2. The highest BCUT2D eigenvalue weighted by Crippen LogP contribution is 2.18. The first-order valence-corrected chi connectivity index (χ1v) is 6.77. The summed E-state index contributed by atoms with van der Waals surface area (Å²) in [7, 11) is 0. The number of ether oxygens (including phenoxy) is 1. The van der Waals surface area contributed by atoms with E-state index >= 15 is 0 Å². The van der Waals surface area contributed by atoms with Crippen molar-refractivity contribution >= 4 is 18.1 Å². The maximum Gasteiger partial charge on any atom is 0.408 e. The van der Waals surface area contributed by atoms with Crippen LogP contribution in [0.4, 0.5) is 10.5 Å². The number of rotatable bonds is 6. The Bertz CT molecular complexity index is 703. The van der Waals surface area contributed by atoms with E-state index in [-0.39, 0.29) is 17.9 Å². The molecule has 2 rings (SSSR count). The third-order valence-corrected chi connectivity index (χ3v) is 3.12. The van der Waals surface area contributed by atoms with Gasteiger partial charge in [0.15, 0.2) is 0 Å². The molecule has 0 bridgehead atoms. The van der Waals surface area contributed by atoms with E-state index in [9.17, 15) is 19.7 Å². The third-order valence-electron chi connectivity index (χ3n) is 3.12. The van der Waals surface area contributed by atoms with Gasteiger partial charge in [0.2, 0.25) is 0 Å². The lowest BCUT2D eigenvalue weighted by molar-refractivity contribution is -0.385. The van der Waals surface area contributed by atoms with E-state index in [1.54, 1.807) is 36.4 Å². The first-order chi connectivity index (χ1) is 11.1. The predicted molar refractivity (Wildman–Crippen MR) is 81.7 cm³/mol. The summed E-state index contributed by atoms with van der Waals surface area (Å²) >= 11 is 0. The van der Waals surface area contributed by atoms with E-state index in [1.165, 1.54) is 18.2 Å². The fourth-order valence-electron chi connectivity index (χ4n) is 1.98. The van der Waals surface area contributed by atoms with Gasteiger partial charge in [-0.3, -0.25) is 10.1 Å². The number of nitro groups is 1. The summed E-state index contributed by atoms with van der Waals surface area (Å²) in [6.45, 7) is -0.261. The van der Waals surface area contributed by atoms with Gasteiger partial charge in [0.05, 0.1) is 10.5 Å². The lowest BCUT2D eigenvalue weighted by Gasteiger charge is -2.13. The van der Waals surface area contributed by atoms with Gasteiger partial charge in [0.1, 0.15) is 18.9 Å². The Morgan fingerprint density at radius 1 is 1.17 bits per heavy atom. The van der Waals surface area contributed by atoms with E-state index in [4.69, 9.17) is 4.74 Å². The SMILES string of the molecule is O=CC(NC(=O)OCc1ccccc1[N+](=O)[O-])c1ccccc1. The van der Waals surface area contributed by atoms with Crippen LogP contribution in [0.2, 0.25) is 0 Å². The largest absolute Gasteiger partial charge is 0.444 e. The quantitative estimate of drug-likeness (QED) is 0.502. The minimum absolute atomic E-state index is 0.129. The number of alkyl carbamates (subject to hydrolysis) is 1. The van der Waals surface area contributed by atoms with Gasteiger partial charge in [-0.1, -0.05) is 42.5 Å². The van der Waals surface area contributed by atoms with Gasteiger partial charge in [-0.15, -0.1) is 0 Å². The molecule has 0 aliphatic heterocycles. The van der Waals surface area contributed by atoms with Crippen LogP contribution in [-0.2, 0) is 16.1 Å². The van der Waals surface area contributed by atoms with Crippen molar-refractivity contribution in [1.29, 1.82) is 0 Å². The molecule has 2 aromatic carbocycles. The molecule has 1 amide bonds. The molecule has 0 spiro atoms. The highest BCUT2D eigenvalue weighted by Gasteiger charge is 2.17. The summed E-state index contributed by atoms with van der Waals surface area (Å²) in [4.78, 5) is 33.2. The second-order valence-corrected chi connectivity index (χ2v) is 4.63. The van der Waals surface area contributed by atoms with Gasteiger partial charge in [-0.2, -0.15) is 0 Å². The van der Waals surface area contributed by atoms with Crippen molar-refractivity contribution in [1.82, 2.24) is 5.32 Å². The lowest BCUT2D eigenvalue weighted by Crippen LogP contribution is -2.30. The highest BCUT2D eigenvalue weighted by atomic mass is 16.6. The Morgan fingerprint density at radius 2 is 1.83 bits per heavy atom. The predicted octanol–water partition coefficient (Wildman–Crippen LogP) is 2.76. The van der Waals surface area contributed by atoms with Crippen LogP contribution < -0.4 is 5.32 Å². The van der Waals surface area contributed by atoms with E-state index in [0.29, 0.717) is 11.8 Å². The molecule has 118 valence electrons. The van der Waals surface area contributed by atoms with Crippen LogP contribution in [0.15, 0.2) is 54.6 Å². The molecule has 23 heavy (non-hydrogen) atoms. The number of hydrogen-bond donors (Lipinski definition) is 1. The molecular formula is C16H14N2O5. The summed E-state index contributed by atoms with van der Waals surface area (Å²) in [5, 5.41) is 13.3. The average Bonchev–Trinajstić information content (AvgIpc) is 2.58. The molecule has 0 fully saturated rings. The zero-order chi connectivity index (χ0) is 16.7. The van der Waals surface area contributed by atoms with Crippen LogP contribution in [-0.4, -0.2) is 17.3 Å². The number of hydrogen-bond acceptors (Lipinski definition) is 5. The molecule has 0 aromatic heterocycles. The third kappa shape index (κ3) is 4.37. The number of nitrogens with one attached hydrogen (secondary N) is 1. The average molecular weight is 314 g/mol. The maximum absolute atomic E-state index is 11.8. The molecule has 0 aliphatic rings. The van der Waals surface area contributed by atoms with Gasteiger partial charge in [-0.25, -0.2) is 4.79 Å². The van der Waals surface area contributed by atoms with Crippen molar-refractivity contribution < 1.29 is 19.2 Å². The summed E-state index contributed by atoms with van der Waals surface area (Å²) in [6.07, 6.45) is -0.245. The van der Waals surface area contributed by atoms with Crippen LogP contribution in [0.3, 0.4) is 0 Å². The van der Waals surface area contributed by atoms with E-state index < -0.39 is 17.1 Å². The molecular weight excluding hydrogens is 300 g/mol. The smallest absolute Gasteiger partial charge is 0.408 e. The number of carbonyl (C=O) groups excluding carboxylic acids is 2. The van der Waals surface area contributed by atoms with Gasteiger partial charge >= 0.3 is 6.09 Å². The molecule has 7 heteroatoms. The fraction of sp³-hybridized carbons (Fsp3) is 0.125. The summed E-state index contributed by atoms with van der Waals surface area (Å²) in [5.41, 5.74) is 0.760. The summed E-state index contributed by atoms with van der Waals surface area (Å²) < 4.78 is 4.96. The Hall–Kier alpha value is -3.22. The van der Waals surface area contributed by atoms with Crippen LogP contribution in [0, 0.1) is 10.1 Å². The Labute approximate surface area is 132 Å². The van der Waals surface area contributed by atoms with Crippen LogP contribution >= 0.6 is 0 Å². The fourth-order valence-corrected chi connectivity index (χ4v) is 1.98. The Kier molecular flexibility index (Phi) is 5.40. The van der Waals surface area contributed by atoms with Gasteiger partial charge in [0, 0.05) is 6.07 Å². The number of benzene rings is 2. The zero-order valence-corrected chi connectivity index (χ0v) is 12.0. The minimum Gasteiger partial charge on any atom is -0.444 e. The van der Waals surface area contributed by atoms with Gasteiger partial charge < -0.3 is 14.8 Å². The van der Waals surface area contributed by atoms with Crippen molar-refractivity contribution in [2.75, 3.05) is 0 Å². The summed E-state index contributed by atoms with van der Waals surface area (Å²) in [5.74, 6) is 0. The molecule has 7 nitrogen and oxygen atoms in total. The van der Waals surface area contributed by atoms with Crippen molar-refractivity contribution in [3.63, 3.8) is 0 Å². The van der Waals surface area contributed by atoms with E-state index in [2.05, 4.69) is 5.32 Å². The number of amides is 1. The summed E-state index contributed by atoms with van der Waals surface area (Å²) in [6, 6.07) is 13.8. The molecule has 0 saturated heterocycles. The topological polar surface area (TPSA) is 98.5 Å². The molecule has 0 saturated carbocycles. The van der Waals surface area contributed by atoms with E-state index in [1.807, 2.05) is 0 Å². The molecule has 0 radical (unpaired) electrons. The molecule has 1 N–H and O–H groups in total.